The molecule has 0 radical (unpaired) electrons. The molecule has 1 aliphatic rings. The molecule has 1 amide bonds. The molecule has 18 heavy (non-hydrogen) atoms. The van der Waals surface area contributed by atoms with Crippen molar-refractivity contribution in [1.82, 2.24) is 4.90 Å². The second-order valence-electron chi connectivity index (χ2n) is 5.00. The number of likely N-dealkylation sites (N-methyl/N-ethyl adjacent to an activating group) is 1. The maximum atomic E-state index is 11.6. The van der Waals surface area contributed by atoms with Crippen molar-refractivity contribution in [3.63, 3.8) is 0 Å². The van der Waals surface area contributed by atoms with Crippen LogP contribution in [0.5, 0.6) is 0 Å². The van der Waals surface area contributed by atoms with Crippen LogP contribution in [0.3, 0.4) is 0 Å². The summed E-state index contributed by atoms with van der Waals surface area (Å²) in [7, 11) is 5.72. The number of anilines is 1. The Morgan fingerprint density at radius 3 is 2.72 bits per heavy atom. The third-order valence-corrected chi connectivity index (χ3v) is 3.63. The van der Waals surface area contributed by atoms with E-state index in [1.807, 2.05) is 38.2 Å². The molecule has 1 heterocycles. The van der Waals surface area contributed by atoms with Crippen LogP contribution in [0.4, 0.5) is 5.69 Å². The van der Waals surface area contributed by atoms with E-state index >= 15 is 0 Å². The van der Waals surface area contributed by atoms with Gasteiger partial charge in [-0.15, -0.1) is 0 Å². The fourth-order valence-corrected chi connectivity index (χ4v) is 2.45. The van der Waals surface area contributed by atoms with Gasteiger partial charge < -0.3 is 14.9 Å². The van der Waals surface area contributed by atoms with Crippen molar-refractivity contribution in [2.24, 2.45) is 0 Å². The van der Waals surface area contributed by atoms with E-state index in [4.69, 9.17) is 0 Å². The Balaban J connectivity index is 2.36. The summed E-state index contributed by atoms with van der Waals surface area (Å²) in [4.78, 5) is 15.3. The van der Waals surface area contributed by atoms with Crippen LogP contribution in [-0.2, 0) is 11.2 Å². The van der Waals surface area contributed by atoms with Gasteiger partial charge in [-0.3, -0.25) is 4.79 Å². The Labute approximate surface area is 108 Å². The average molecular weight is 248 g/mol. The second kappa shape index (κ2) is 5.08. The number of hydrogen-bond acceptors (Lipinski definition) is 3. The van der Waals surface area contributed by atoms with E-state index in [2.05, 4.69) is 6.07 Å². The molecule has 1 aliphatic heterocycles. The van der Waals surface area contributed by atoms with Gasteiger partial charge in [-0.05, 0) is 37.7 Å². The molecule has 0 saturated heterocycles. The zero-order valence-corrected chi connectivity index (χ0v) is 11.2. The fourth-order valence-electron chi connectivity index (χ4n) is 2.45. The zero-order chi connectivity index (χ0) is 13.3. The lowest BCUT2D eigenvalue weighted by Gasteiger charge is -2.28. The van der Waals surface area contributed by atoms with Crippen molar-refractivity contribution in [3.8, 4) is 0 Å². The van der Waals surface area contributed by atoms with Crippen LogP contribution in [0.1, 0.15) is 23.6 Å². The van der Waals surface area contributed by atoms with Gasteiger partial charge in [-0.1, -0.05) is 12.1 Å². The average Bonchev–Trinajstić information content (AvgIpc) is 2.34. The summed E-state index contributed by atoms with van der Waals surface area (Å²) in [6.07, 6.45) is 1.36. The number of carbonyl (C=O) groups is 1. The van der Waals surface area contributed by atoms with E-state index in [1.54, 1.807) is 4.90 Å². The van der Waals surface area contributed by atoms with Crippen LogP contribution in [0, 0.1) is 0 Å². The number of carbonyl (C=O) groups excluding carboxylic acids is 1. The van der Waals surface area contributed by atoms with Crippen molar-refractivity contribution >= 4 is 11.6 Å². The van der Waals surface area contributed by atoms with E-state index in [-0.39, 0.29) is 18.6 Å². The van der Waals surface area contributed by atoms with E-state index in [9.17, 15) is 9.90 Å². The molecule has 0 aromatic heterocycles. The molecule has 0 saturated carbocycles. The van der Waals surface area contributed by atoms with Crippen LogP contribution in [0.2, 0.25) is 0 Å². The SMILES string of the molecule is CN1C(=O)CCc2cc(C(CO)N(C)C)ccc21. The van der Waals surface area contributed by atoms with Gasteiger partial charge in [-0.25, -0.2) is 0 Å². The minimum atomic E-state index is 0.0123. The van der Waals surface area contributed by atoms with Crippen LogP contribution < -0.4 is 4.90 Å². The first-order valence-electron chi connectivity index (χ1n) is 6.21. The standard InChI is InChI=1S/C14H20N2O2/c1-15(2)13(9-17)11-4-6-12-10(8-11)5-7-14(18)16(12)3/h4,6,8,13,17H,5,7,9H2,1-3H3. The molecule has 1 unspecified atom stereocenters. The third-order valence-electron chi connectivity index (χ3n) is 3.63. The predicted octanol–water partition coefficient (Wildman–Crippen LogP) is 1.19. The first-order valence-corrected chi connectivity index (χ1v) is 6.21. The quantitative estimate of drug-likeness (QED) is 0.874. The normalized spacial score (nSPS) is 16.9. The Morgan fingerprint density at radius 1 is 1.39 bits per heavy atom. The summed E-state index contributed by atoms with van der Waals surface area (Å²) in [5.74, 6) is 0.168. The first-order chi connectivity index (χ1) is 8.54. The van der Waals surface area contributed by atoms with Crippen LogP contribution in [0.25, 0.3) is 0 Å². The number of aryl methyl sites for hydroxylation is 1. The molecule has 1 aromatic rings. The highest BCUT2D eigenvalue weighted by Gasteiger charge is 2.22. The van der Waals surface area contributed by atoms with Crippen LogP contribution in [0.15, 0.2) is 18.2 Å². The summed E-state index contributed by atoms with van der Waals surface area (Å²) < 4.78 is 0. The Morgan fingerprint density at radius 2 is 2.11 bits per heavy atom. The first kappa shape index (κ1) is 13.1. The summed E-state index contributed by atoms with van der Waals surface area (Å²) in [5, 5.41) is 9.44. The van der Waals surface area contributed by atoms with Crippen molar-refractivity contribution in [2.45, 2.75) is 18.9 Å². The molecule has 0 bridgehead atoms. The lowest BCUT2D eigenvalue weighted by atomic mass is 9.96. The number of aliphatic hydroxyl groups excluding tert-OH is 1. The molecule has 0 aliphatic carbocycles. The van der Waals surface area contributed by atoms with Crippen LogP contribution in [-0.4, -0.2) is 43.7 Å². The minimum absolute atomic E-state index is 0.0123. The van der Waals surface area contributed by atoms with E-state index in [0.29, 0.717) is 6.42 Å². The predicted molar refractivity (Wildman–Crippen MR) is 71.7 cm³/mol. The molecule has 1 aromatic carbocycles. The van der Waals surface area contributed by atoms with Crippen molar-refractivity contribution in [1.29, 1.82) is 0 Å². The van der Waals surface area contributed by atoms with E-state index in [0.717, 1.165) is 17.7 Å². The largest absolute Gasteiger partial charge is 0.394 e. The molecule has 98 valence electrons. The van der Waals surface area contributed by atoms with Crippen molar-refractivity contribution < 1.29 is 9.90 Å². The van der Waals surface area contributed by atoms with Gasteiger partial charge in [0, 0.05) is 19.2 Å². The molecule has 1 atom stereocenters. The number of aliphatic hydroxyl groups is 1. The number of hydrogen-bond donors (Lipinski definition) is 1. The number of fused-ring (bicyclic) bond motifs is 1. The summed E-state index contributed by atoms with van der Waals surface area (Å²) in [6, 6.07) is 6.10. The maximum Gasteiger partial charge on any atom is 0.227 e. The van der Waals surface area contributed by atoms with Crippen molar-refractivity contribution in [3.05, 3.63) is 29.3 Å². The van der Waals surface area contributed by atoms with Gasteiger partial charge in [0.15, 0.2) is 0 Å². The topological polar surface area (TPSA) is 43.8 Å². The Hall–Kier alpha value is -1.39. The maximum absolute atomic E-state index is 11.6. The van der Waals surface area contributed by atoms with Gasteiger partial charge in [-0.2, -0.15) is 0 Å². The summed E-state index contributed by atoms with van der Waals surface area (Å²) in [6.45, 7) is 0.0978. The molecule has 4 heteroatoms. The molecule has 0 spiro atoms. The third kappa shape index (κ3) is 2.26. The van der Waals surface area contributed by atoms with Crippen molar-refractivity contribution in [2.75, 3.05) is 32.6 Å². The van der Waals surface area contributed by atoms with Gasteiger partial charge in [0.25, 0.3) is 0 Å². The van der Waals surface area contributed by atoms with Gasteiger partial charge in [0.2, 0.25) is 5.91 Å². The van der Waals surface area contributed by atoms with Gasteiger partial charge >= 0.3 is 0 Å². The Kier molecular flexibility index (Phi) is 3.68. The number of nitrogens with zero attached hydrogens (tertiary/aromatic N) is 2. The summed E-state index contributed by atoms with van der Waals surface area (Å²) in [5.41, 5.74) is 3.28. The number of amides is 1. The minimum Gasteiger partial charge on any atom is -0.394 e. The summed E-state index contributed by atoms with van der Waals surface area (Å²) >= 11 is 0. The number of rotatable bonds is 3. The van der Waals surface area contributed by atoms with E-state index < -0.39 is 0 Å². The molecule has 1 N–H and O–H groups in total. The van der Waals surface area contributed by atoms with Gasteiger partial charge in [0.1, 0.15) is 0 Å². The van der Waals surface area contributed by atoms with Crippen LogP contribution >= 0.6 is 0 Å². The number of benzene rings is 1. The molecule has 0 fully saturated rings. The molecular weight excluding hydrogens is 228 g/mol. The molecular formula is C14H20N2O2. The second-order valence-corrected chi connectivity index (χ2v) is 5.00. The molecule has 4 nitrogen and oxygen atoms in total. The molecule has 2 rings (SSSR count). The lowest BCUT2D eigenvalue weighted by Crippen LogP contribution is -2.31. The highest BCUT2D eigenvalue weighted by atomic mass is 16.3. The van der Waals surface area contributed by atoms with Gasteiger partial charge in [0.05, 0.1) is 12.6 Å². The highest BCUT2D eigenvalue weighted by molar-refractivity contribution is 5.95. The fraction of sp³-hybridized carbons (Fsp3) is 0.500. The highest BCUT2D eigenvalue weighted by Crippen LogP contribution is 2.30. The Bertz CT molecular complexity index is 457. The smallest absolute Gasteiger partial charge is 0.227 e. The lowest BCUT2D eigenvalue weighted by molar-refractivity contribution is -0.118. The van der Waals surface area contributed by atoms with E-state index in [1.165, 1.54) is 5.56 Å². The zero-order valence-electron chi connectivity index (χ0n) is 11.2. The monoisotopic (exact) mass is 248 g/mol.